The van der Waals surface area contributed by atoms with E-state index < -0.39 is 0 Å². The second kappa shape index (κ2) is 9.40. The topological polar surface area (TPSA) is 32.8 Å². The van der Waals surface area contributed by atoms with Gasteiger partial charge in [-0.25, -0.2) is 0 Å². The molecule has 0 N–H and O–H groups in total. The smallest absolute Gasteiger partial charge is 0.229 e. The highest BCUT2D eigenvalue weighted by Gasteiger charge is 2.33. The molecule has 5 heteroatoms. The lowest BCUT2D eigenvalue weighted by atomic mass is 9.98. The van der Waals surface area contributed by atoms with Gasteiger partial charge in [-0.2, -0.15) is 0 Å². The summed E-state index contributed by atoms with van der Waals surface area (Å²) >= 11 is 6.04. The third-order valence-electron chi connectivity index (χ3n) is 4.83. The zero-order valence-electron chi connectivity index (χ0n) is 15.0. The van der Waals surface area contributed by atoms with E-state index in [2.05, 4.69) is 19.0 Å². The standard InChI is InChI=1S/C19H29ClN2O2/c1-21(2)17-7-5-4-6-8-18(17)22(19(23)13-14-24-3)16-11-9-15(20)10-12-16/h9-12,17-18H,4-8,13-14H2,1-3H3. The molecule has 2 atom stereocenters. The first kappa shape index (κ1) is 19.2. The Kier molecular flexibility index (Phi) is 7.53. The zero-order chi connectivity index (χ0) is 17.5. The lowest BCUT2D eigenvalue weighted by Crippen LogP contribution is -2.52. The van der Waals surface area contributed by atoms with Crippen molar-refractivity contribution in [3.8, 4) is 0 Å². The molecule has 0 aliphatic heterocycles. The molecule has 1 aliphatic carbocycles. The van der Waals surface area contributed by atoms with Crippen LogP contribution in [-0.2, 0) is 9.53 Å². The van der Waals surface area contributed by atoms with Crippen LogP contribution in [0.25, 0.3) is 0 Å². The Labute approximate surface area is 150 Å². The third kappa shape index (κ3) is 4.95. The van der Waals surface area contributed by atoms with Gasteiger partial charge in [0.15, 0.2) is 0 Å². The molecule has 1 amide bonds. The van der Waals surface area contributed by atoms with Gasteiger partial charge in [0.05, 0.1) is 19.1 Å². The SMILES string of the molecule is COCCC(=O)N(c1ccc(Cl)cc1)C1CCCCCC1N(C)C. The summed E-state index contributed by atoms with van der Waals surface area (Å²) in [5.74, 6) is 0.123. The van der Waals surface area contributed by atoms with Crippen LogP contribution in [0.3, 0.4) is 0 Å². The number of hydrogen-bond donors (Lipinski definition) is 0. The average molecular weight is 353 g/mol. The Morgan fingerprint density at radius 3 is 2.33 bits per heavy atom. The van der Waals surface area contributed by atoms with Crippen LogP contribution in [0.4, 0.5) is 5.69 Å². The molecule has 1 aromatic carbocycles. The van der Waals surface area contributed by atoms with E-state index in [0.717, 1.165) is 24.9 Å². The maximum absolute atomic E-state index is 13.0. The van der Waals surface area contributed by atoms with E-state index in [0.29, 0.717) is 24.1 Å². The van der Waals surface area contributed by atoms with Crippen LogP contribution in [0, 0.1) is 0 Å². The summed E-state index contributed by atoms with van der Waals surface area (Å²) in [5, 5.41) is 0.688. The number of nitrogens with zero attached hydrogens (tertiary/aromatic N) is 2. The first-order chi connectivity index (χ1) is 11.5. The molecular formula is C19H29ClN2O2. The van der Waals surface area contributed by atoms with Crippen LogP contribution in [0.15, 0.2) is 24.3 Å². The van der Waals surface area contributed by atoms with Crippen LogP contribution in [0.2, 0.25) is 5.02 Å². The van der Waals surface area contributed by atoms with Crippen molar-refractivity contribution in [1.82, 2.24) is 4.90 Å². The van der Waals surface area contributed by atoms with Crippen LogP contribution in [-0.4, -0.2) is 50.7 Å². The highest BCUT2D eigenvalue weighted by atomic mass is 35.5. The monoisotopic (exact) mass is 352 g/mol. The second-order valence-electron chi connectivity index (χ2n) is 6.72. The van der Waals surface area contributed by atoms with E-state index in [1.54, 1.807) is 7.11 Å². The molecule has 2 rings (SSSR count). The largest absolute Gasteiger partial charge is 0.384 e. The molecule has 0 bridgehead atoms. The zero-order valence-corrected chi connectivity index (χ0v) is 15.8. The fraction of sp³-hybridized carbons (Fsp3) is 0.632. The van der Waals surface area contributed by atoms with E-state index in [4.69, 9.17) is 16.3 Å². The van der Waals surface area contributed by atoms with Crippen LogP contribution >= 0.6 is 11.6 Å². The predicted molar refractivity (Wildman–Crippen MR) is 99.8 cm³/mol. The minimum Gasteiger partial charge on any atom is -0.384 e. The minimum atomic E-state index is 0.123. The number of halogens is 1. The maximum atomic E-state index is 13.0. The van der Waals surface area contributed by atoms with Crippen LogP contribution in [0.1, 0.15) is 38.5 Å². The quantitative estimate of drug-likeness (QED) is 0.726. The number of likely N-dealkylation sites (N-methyl/N-ethyl adjacent to an activating group) is 1. The van der Waals surface area contributed by atoms with E-state index in [1.807, 2.05) is 29.2 Å². The number of methoxy groups -OCH3 is 1. The normalized spacial score (nSPS) is 21.5. The Bertz CT molecular complexity index is 519. The van der Waals surface area contributed by atoms with Crippen molar-refractivity contribution < 1.29 is 9.53 Å². The molecule has 0 heterocycles. The molecule has 1 aromatic rings. The summed E-state index contributed by atoms with van der Waals surface area (Å²) in [6.45, 7) is 0.447. The number of carbonyl (C=O) groups is 1. The number of anilines is 1. The van der Waals surface area contributed by atoms with Gasteiger partial charge in [0, 0.05) is 23.9 Å². The second-order valence-corrected chi connectivity index (χ2v) is 7.16. The van der Waals surface area contributed by atoms with Crippen molar-refractivity contribution in [1.29, 1.82) is 0 Å². The van der Waals surface area contributed by atoms with E-state index in [9.17, 15) is 4.79 Å². The lowest BCUT2D eigenvalue weighted by Gasteiger charge is -2.39. The van der Waals surface area contributed by atoms with Crippen molar-refractivity contribution in [3.05, 3.63) is 29.3 Å². The molecule has 24 heavy (non-hydrogen) atoms. The molecule has 1 saturated carbocycles. The molecule has 1 fully saturated rings. The fourth-order valence-corrected chi connectivity index (χ4v) is 3.73. The number of amides is 1. The van der Waals surface area contributed by atoms with Crippen LogP contribution in [0.5, 0.6) is 0 Å². The third-order valence-corrected chi connectivity index (χ3v) is 5.08. The van der Waals surface area contributed by atoms with Crippen molar-refractivity contribution >= 4 is 23.2 Å². The van der Waals surface area contributed by atoms with Gasteiger partial charge in [-0.1, -0.05) is 30.9 Å². The van der Waals surface area contributed by atoms with Crippen molar-refractivity contribution in [2.45, 2.75) is 50.6 Å². The minimum absolute atomic E-state index is 0.123. The number of carbonyl (C=O) groups excluding carboxylic acids is 1. The van der Waals surface area contributed by atoms with E-state index in [-0.39, 0.29) is 11.9 Å². The Balaban J connectivity index is 2.34. The Hall–Kier alpha value is -1.10. The van der Waals surface area contributed by atoms with Gasteiger partial charge in [-0.15, -0.1) is 0 Å². The van der Waals surface area contributed by atoms with Gasteiger partial charge in [-0.05, 0) is 51.2 Å². The van der Waals surface area contributed by atoms with E-state index >= 15 is 0 Å². The fourth-order valence-electron chi connectivity index (χ4n) is 3.60. The summed E-state index contributed by atoms with van der Waals surface area (Å²) < 4.78 is 5.12. The molecule has 4 nitrogen and oxygen atoms in total. The Morgan fingerprint density at radius 1 is 1.12 bits per heavy atom. The van der Waals surface area contributed by atoms with Crippen molar-refractivity contribution in [2.24, 2.45) is 0 Å². The van der Waals surface area contributed by atoms with Gasteiger partial charge < -0.3 is 14.5 Å². The van der Waals surface area contributed by atoms with Gasteiger partial charge in [0.1, 0.15) is 0 Å². The predicted octanol–water partition coefficient (Wildman–Crippen LogP) is 3.97. The summed E-state index contributed by atoms with van der Waals surface area (Å²) in [6.07, 6.45) is 6.18. The number of benzene rings is 1. The summed E-state index contributed by atoms with van der Waals surface area (Å²) in [6, 6.07) is 8.17. The molecule has 2 unspecified atom stereocenters. The Morgan fingerprint density at radius 2 is 1.75 bits per heavy atom. The van der Waals surface area contributed by atoms with Gasteiger partial charge in [0.2, 0.25) is 5.91 Å². The number of ether oxygens (including phenoxy) is 1. The summed E-state index contributed by atoms with van der Waals surface area (Å²) in [4.78, 5) is 17.2. The maximum Gasteiger partial charge on any atom is 0.229 e. The summed E-state index contributed by atoms with van der Waals surface area (Å²) in [5.41, 5.74) is 0.930. The molecule has 0 saturated heterocycles. The molecular weight excluding hydrogens is 324 g/mol. The van der Waals surface area contributed by atoms with E-state index in [1.165, 1.54) is 12.8 Å². The average Bonchev–Trinajstić information content (AvgIpc) is 2.81. The molecule has 0 aromatic heterocycles. The van der Waals surface area contributed by atoms with Crippen LogP contribution < -0.4 is 4.90 Å². The van der Waals surface area contributed by atoms with Gasteiger partial charge in [0.25, 0.3) is 0 Å². The van der Waals surface area contributed by atoms with Crippen molar-refractivity contribution in [3.63, 3.8) is 0 Å². The lowest BCUT2D eigenvalue weighted by molar-refractivity contribution is -0.120. The first-order valence-corrected chi connectivity index (χ1v) is 9.15. The van der Waals surface area contributed by atoms with Gasteiger partial charge >= 0.3 is 0 Å². The highest BCUT2D eigenvalue weighted by molar-refractivity contribution is 6.30. The molecule has 134 valence electrons. The highest BCUT2D eigenvalue weighted by Crippen LogP contribution is 2.30. The molecule has 1 aliphatic rings. The van der Waals surface area contributed by atoms with Crippen molar-refractivity contribution in [2.75, 3.05) is 32.7 Å². The number of rotatable bonds is 6. The number of hydrogen-bond acceptors (Lipinski definition) is 3. The summed E-state index contributed by atoms with van der Waals surface area (Å²) in [7, 11) is 5.86. The van der Waals surface area contributed by atoms with Gasteiger partial charge in [-0.3, -0.25) is 4.79 Å². The molecule has 0 radical (unpaired) electrons. The molecule has 0 spiro atoms. The first-order valence-electron chi connectivity index (χ1n) is 8.77.